The second-order valence-electron chi connectivity index (χ2n) is 6.63. The predicted octanol–water partition coefficient (Wildman–Crippen LogP) is 4.96. The van der Waals surface area contributed by atoms with E-state index in [0.717, 1.165) is 24.3 Å². The lowest BCUT2D eigenvalue weighted by atomic mass is 10.2. The molecule has 1 amide bonds. The zero-order valence-electron chi connectivity index (χ0n) is 17.6. The van der Waals surface area contributed by atoms with Gasteiger partial charge in [0.1, 0.15) is 21.7 Å². The summed E-state index contributed by atoms with van der Waals surface area (Å²) in [6.45, 7) is 7.33. The first-order valence-electron chi connectivity index (χ1n) is 9.83. The molecule has 0 saturated heterocycles. The zero-order valence-corrected chi connectivity index (χ0v) is 19.2. The van der Waals surface area contributed by atoms with Crippen LogP contribution in [0, 0.1) is 0 Å². The van der Waals surface area contributed by atoms with Crippen molar-refractivity contribution in [1.29, 1.82) is 0 Å². The van der Waals surface area contributed by atoms with Gasteiger partial charge in [0.25, 0.3) is 5.91 Å². The van der Waals surface area contributed by atoms with Gasteiger partial charge in [0.2, 0.25) is 0 Å². The molecule has 2 aromatic carbocycles. The average Bonchev–Trinajstić information content (AvgIpc) is 3.21. The first-order valence-corrected chi connectivity index (χ1v) is 11.0. The molecule has 0 spiro atoms. The summed E-state index contributed by atoms with van der Waals surface area (Å²) < 4.78 is 11.8. The maximum atomic E-state index is 13.4. The fourth-order valence-corrected chi connectivity index (χ4v) is 4.43. The maximum absolute atomic E-state index is 13.4. The minimum absolute atomic E-state index is 0.115. The van der Waals surface area contributed by atoms with Crippen LogP contribution in [0.3, 0.4) is 0 Å². The molecule has 160 valence electrons. The minimum atomic E-state index is -0.115. The molecule has 0 saturated carbocycles. The number of aromatic nitrogens is 1. The lowest BCUT2D eigenvalue weighted by Gasteiger charge is -2.24. The van der Waals surface area contributed by atoms with Gasteiger partial charge < -0.3 is 14.4 Å². The van der Waals surface area contributed by atoms with Crippen LogP contribution < -0.4 is 14.4 Å². The van der Waals surface area contributed by atoms with Crippen LogP contribution in [0.1, 0.15) is 24.2 Å². The van der Waals surface area contributed by atoms with Gasteiger partial charge in [-0.25, -0.2) is 4.98 Å². The van der Waals surface area contributed by atoms with Crippen LogP contribution in [0.25, 0.3) is 10.2 Å². The zero-order chi connectivity index (χ0) is 21.7. The second-order valence-corrected chi connectivity index (χ2v) is 8.05. The lowest BCUT2D eigenvalue weighted by Crippen LogP contribution is -2.38. The van der Waals surface area contributed by atoms with E-state index >= 15 is 0 Å². The number of likely N-dealkylation sites (N-methyl/N-ethyl adjacent to an activating group) is 1. The summed E-state index contributed by atoms with van der Waals surface area (Å²) in [6, 6.07) is 10.6. The molecule has 3 rings (SSSR count). The van der Waals surface area contributed by atoms with Gasteiger partial charge in [-0.1, -0.05) is 36.8 Å². The van der Waals surface area contributed by atoms with E-state index in [0.29, 0.717) is 39.3 Å². The largest absolute Gasteiger partial charge is 0.495 e. The van der Waals surface area contributed by atoms with E-state index in [1.807, 2.05) is 12.1 Å². The minimum Gasteiger partial charge on any atom is -0.495 e. The van der Waals surface area contributed by atoms with Crippen LogP contribution in [0.4, 0.5) is 5.13 Å². The number of fused-ring (bicyclic) bond motifs is 1. The van der Waals surface area contributed by atoms with E-state index in [4.69, 9.17) is 26.1 Å². The Morgan fingerprint density at radius 3 is 2.23 bits per heavy atom. The Morgan fingerprint density at radius 2 is 1.63 bits per heavy atom. The van der Waals surface area contributed by atoms with Crippen molar-refractivity contribution in [3.8, 4) is 11.5 Å². The number of halogens is 1. The lowest BCUT2D eigenvalue weighted by molar-refractivity contribution is 0.0984. The van der Waals surface area contributed by atoms with E-state index in [2.05, 4.69) is 18.7 Å². The van der Waals surface area contributed by atoms with Gasteiger partial charge in [-0.3, -0.25) is 9.69 Å². The number of carbonyl (C=O) groups is 1. The summed E-state index contributed by atoms with van der Waals surface area (Å²) in [7, 11) is 3.23. The average molecular weight is 448 g/mol. The first kappa shape index (κ1) is 22.3. The summed E-state index contributed by atoms with van der Waals surface area (Å²) in [5, 5.41) is 1.20. The Bertz CT molecular complexity index is 962. The van der Waals surface area contributed by atoms with Crippen molar-refractivity contribution in [3.63, 3.8) is 0 Å². The third kappa shape index (κ3) is 4.69. The Kier molecular flexibility index (Phi) is 7.53. The number of amides is 1. The Balaban J connectivity index is 2.04. The van der Waals surface area contributed by atoms with Crippen molar-refractivity contribution in [2.24, 2.45) is 0 Å². The molecule has 8 heteroatoms. The number of ether oxygens (including phenoxy) is 2. The number of carbonyl (C=O) groups excluding carboxylic acids is 1. The highest BCUT2D eigenvalue weighted by Crippen LogP contribution is 2.40. The molecular formula is C22H26ClN3O3S. The molecule has 0 aliphatic carbocycles. The third-order valence-corrected chi connectivity index (χ3v) is 6.35. The summed E-state index contributed by atoms with van der Waals surface area (Å²) in [6.07, 6.45) is 0. The quantitative estimate of drug-likeness (QED) is 0.464. The van der Waals surface area contributed by atoms with Gasteiger partial charge in [-0.2, -0.15) is 0 Å². The van der Waals surface area contributed by atoms with Gasteiger partial charge in [0, 0.05) is 23.7 Å². The smallest absolute Gasteiger partial charge is 0.260 e. The number of nitrogens with zero attached hydrogens (tertiary/aromatic N) is 3. The number of methoxy groups -OCH3 is 2. The summed E-state index contributed by atoms with van der Waals surface area (Å²) >= 11 is 7.43. The standard InChI is InChI=1S/C22H26ClN3O3S/c1-5-25(6-2)13-14-26(21(27)15-7-9-16(23)10-8-15)22-24-19-17(28-3)11-12-18(29-4)20(19)30-22/h7-12H,5-6,13-14H2,1-4H3. The fourth-order valence-electron chi connectivity index (χ4n) is 3.20. The van der Waals surface area contributed by atoms with Gasteiger partial charge in [-0.15, -0.1) is 0 Å². The highest BCUT2D eigenvalue weighted by Gasteiger charge is 2.24. The summed E-state index contributed by atoms with van der Waals surface area (Å²) in [5.74, 6) is 1.24. The SMILES string of the molecule is CCN(CC)CCN(C(=O)c1ccc(Cl)cc1)c1nc2c(OC)ccc(OC)c2s1. The molecule has 6 nitrogen and oxygen atoms in total. The molecule has 0 unspecified atom stereocenters. The maximum Gasteiger partial charge on any atom is 0.260 e. The van der Waals surface area contributed by atoms with Gasteiger partial charge in [0.05, 0.1) is 14.2 Å². The molecule has 0 bridgehead atoms. The molecule has 0 aliphatic heterocycles. The highest BCUT2D eigenvalue weighted by atomic mass is 35.5. The molecule has 0 N–H and O–H groups in total. The van der Waals surface area contributed by atoms with E-state index in [1.54, 1.807) is 43.4 Å². The van der Waals surface area contributed by atoms with Crippen LogP contribution in [0.15, 0.2) is 36.4 Å². The van der Waals surface area contributed by atoms with Crippen molar-refractivity contribution in [1.82, 2.24) is 9.88 Å². The second kappa shape index (κ2) is 10.1. The van der Waals surface area contributed by atoms with Crippen molar-refractivity contribution >= 4 is 44.2 Å². The Labute approximate surface area is 186 Å². The molecule has 30 heavy (non-hydrogen) atoms. The van der Waals surface area contributed by atoms with E-state index in [1.165, 1.54) is 11.3 Å². The number of rotatable bonds is 9. The Hall–Kier alpha value is -2.35. The number of anilines is 1. The monoisotopic (exact) mass is 447 g/mol. The molecule has 1 aromatic heterocycles. The topological polar surface area (TPSA) is 54.9 Å². The van der Waals surface area contributed by atoms with Crippen LogP contribution in [0.5, 0.6) is 11.5 Å². The van der Waals surface area contributed by atoms with Gasteiger partial charge >= 0.3 is 0 Å². The van der Waals surface area contributed by atoms with E-state index in [-0.39, 0.29) is 5.91 Å². The number of benzene rings is 2. The Morgan fingerprint density at radius 1 is 1.00 bits per heavy atom. The summed E-state index contributed by atoms with van der Waals surface area (Å²) in [5.41, 5.74) is 1.26. The normalized spacial score (nSPS) is 11.1. The van der Waals surface area contributed by atoms with Crippen LogP contribution in [-0.4, -0.2) is 56.2 Å². The molecule has 0 radical (unpaired) electrons. The van der Waals surface area contributed by atoms with Gasteiger partial charge in [0.15, 0.2) is 5.13 Å². The fraction of sp³-hybridized carbons (Fsp3) is 0.364. The van der Waals surface area contributed by atoms with Crippen molar-refractivity contribution in [2.75, 3.05) is 45.3 Å². The number of hydrogen-bond acceptors (Lipinski definition) is 6. The van der Waals surface area contributed by atoms with Crippen LogP contribution in [-0.2, 0) is 0 Å². The van der Waals surface area contributed by atoms with Crippen molar-refractivity contribution in [3.05, 3.63) is 47.0 Å². The highest BCUT2D eigenvalue weighted by molar-refractivity contribution is 7.22. The third-order valence-electron chi connectivity index (χ3n) is 5.00. The van der Waals surface area contributed by atoms with Crippen LogP contribution in [0.2, 0.25) is 5.02 Å². The molecule has 0 aliphatic rings. The molecular weight excluding hydrogens is 422 g/mol. The molecule has 0 atom stereocenters. The molecule has 0 fully saturated rings. The van der Waals surface area contributed by atoms with Crippen molar-refractivity contribution < 1.29 is 14.3 Å². The van der Waals surface area contributed by atoms with E-state index in [9.17, 15) is 4.79 Å². The number of thiazole rings is 1. The van der Waals surface area contributed by atoms with E-state index < -0.39 is 0 Å². The van der Waals surface area contributed by atoms with Crippen molar-refractivity contribution in [2.45, 2.75) is 13.8 Å². The molecule has 1 heterocycles. The summed E-state index contributed by atoms with van der Waals surface area (Å²) in [4.78, 5) is 22.2. The van der Waals surface area contributed by atoms with Gasteiger partial charge in [-0.05, 0) is 49.5 Å². The first-order chi connectivity index (χ1) is 14.5. The van der Waals surface area contributed by atoms with Crippen LogP contribution >= 0.6 is 22.9 Å². The molecule has 3 aromatic rings. The predicted molar refractivity (Wildman–Crippen MR) is 124 cm³/mol. The number of hydrogen-bond donors (Lipinski definition) is 0.